The molecular formula is C16H27N3O. The van der Waals surface area contributed by atoms with E-state index in [2.05, 4.69) is 50.6 Å². The van der Waals surface area contributed by atoms with E-state index in [1.54, 1.807) is 6.20 Å². The molecule has 2 rings (SSSR count). The van der Waals surface area contributed by atoms with Crippen LogP contribution >= 0.6 is 0 Å². The number of morpholine rings is 1. The van der Waals surface area contributed by atoms with E-state index < -0.39 is 0 Å². The first kappa shape index (κ1) is 15.4. The van der Waals surface area contributed by atoms with Crippen LogP contribution in [0.4, 0.5) is 0 Å². The van der Waals surface area contributed by atoms with Gasteiger partial charge in [0.2, 0.25) is 0 Å². The van der Waals surface area contributed by atoms with Crippen LogP contribution in [0.2, 0.25) is 0 Å². The molecule has 1 saturated heterocycles. The summed E-state index contributed by atoms with van der Waals surface area (Å²) >= 11 is 0. The van der Waals surface area contributed by atoms with Crippen LogP contribution < -0.4 is 5.73 Å². The van der Waals surface area contributed by atoms with E-state index in [-0.39, 0.29) is 23.3 Å². The Kier molecular flexibility index (Phi) is 4.19. The van der Waals surface area contributed by atoms with E-state index in [1.165, 1.54) is 5.56 Å². The molecule has 0 aromatic carbocycles. The van der Waals surface area contributed by atoms with Crippen molar-refractivity contribution in [3.8, 4) is 0 Å². The van der Waals surface area contributed by atoms with Gasteiger partial charge < -0.3 is 10.5 Å². The summed E-state index contributed by atoms with van der Waals surface area (Å²) in [7, 11) is 0. The lowest BCUT2D eigenvalue weighted by Crippen LogP contribution is -2.59. The molecule has 0 amide bonds. The van der Waals surface area contributed by atoms with Gasteiger partial charge in [0.1, 0.15) is 0 Å². The van der Waals surface area contributed by atoms with E-state index in [0.717, 1.165) is 13.1 Å². The van der Waals surface area contributed by atoms with Gasteiger partial charge in [-0.05, 0) is 46.2 Å². The highest BCUT2D eigenvalue weighted by Crippen LogP contribution is 2.34. The lowest BCUT2D eigenvalue weighted by Gasteiger charge is -2.50. The van der Waals surface area contributed by atoms with Crippen molar-refractivity contribution >= 4 is 0 Å². The molecule has 0 bridgehead atoms. The van der Waals surface area contributed by atoms with Crippen LogP contribution in [0.3, 0.4) is 0 Å². The molecule has 4 heteroatoms. The fourth-order valence-corrected chi connectivity index (χ4v) is 3.44. The second kappa shape index (κ2) is 5.43. The van der Waals surface area contributed by atoms with Gasteiger partial charge in [-0.1, -0.05) is 6.07 Å². The first-order valence-electron chi connectivity index (χ1n) is 7.30. The Morgan fingerprint density at radius 2 is 1.85 bits per heavy atom. The topological polar surface area (TPSA) is 51.4 Å². The maximum Gasteiger partial charge on any atom is 0.0761 e. The third kappa shape index (κ3) is 3.57. The molecule has 0 aliphatic carbocycles. The Balaban J connectivity index is 2.30. The van der Waals surface area contributed by atoms with E-state index in [0.29, 0.717) is 0 Å². The summed E-state index contributed by atoms with van der Waals surface area (Å²) in [4.78, 5) is 6.68. The van der Waals surface area contributed by atoms with Gasteiger partial charge in [0.15, 0.2) is 0 Å². The number of aromatic nitrogens is 1. The fraction of sp³-hybridized carbons (Fsp3) is 0.688. The van der Waals surface area contributed by atoms with Crippen LogP contribution in [-0.4, -0.2) is 40.2 Å². The molecular weight excluding hydrogens is 250 g/mol. The first-order valence-corrected chi connectivity index (χ1v) is 7.30. The van der Waals surface area contributed by atoms with Gasteiger partial charge in [-0.2, -0.15) is 0 Å². The van der Waals surface area contributed by atoms with Crippen molar-refractivity contribution in [1.29, 1.82) is 0 Å². The van der Waals surface area contributed by atoms with E-state index in [9.17, 15) is 0 Å². The average molecular weight is 277 g/mol. The van der Waals surface area contributed by atoms with Crippen LogP contribution in [0.25, 0.3) is 0 Å². The minimum atomic E-state index is -0.170. The summed E-state index contributed by atoms with van der Waals surface area (Å²) in [5.74, 6) is 0. The Hall–Kier alpha value is -0.970. The van der Waals surface area contributed by atoms with Crippen LogP contribution in [0.15, 0.2) is 24.5 Å². The molecule has 0 spiro atoms. The quantitative estimate of drug-likeness (QED) is 0.921. The van der Waals surface area contributed by atoms with Crippen molar-refractivity contribution in [3.63, 3.8) is 0 Å². The smallest absolute Gasteiger partial charge is 0.0761 e. The fourth-order valence-electron chi connectivity index (χ4n) is 3.44. The SMILES string of the molecule is CC(N)C(c1cccnc1)N1CC(C)(C)OC(C)(C)C1. The highest BCUT2D eigenvalue weighted by atomic mass is 16.5. The summed E-state index contributed by atoms with van der Waals surface area (Å²) in [5, 5.41) is 0. The summed E-state index contributed by atoms with van der Waals surface area (Å²) in [6, 6.07) is 4.30. The van der Waals surface area contributed by atoms with E-state index >= 15 is 0 Å². The number of nitrogens with two attached hydrogens (primary N) is 1. The number of nitrogens with zero attached hydrogens (tertiary/aromatic N) is 2. The summed E-state index contributed by atoms with van der Waals surface area (Å²) in [6.45, 7) is 12.4. The molecule has 1 fully saturated rings. The standard InChI is InChI=1S/C16H27N3O/c1-12(17)14(13-7-6-8-18-9-13)19-10-15(2,3)20-16(4,5)11-19/h6-9,12,14H,10-11,17H2,1-5H3. The van der Waals surface area contributed by atoms with Gasteiger partial charge in [-0.15, -0.1) is 0 Å². The number of hydrogen-bond donors (Lipinski definition) is 1. The molecule has 0 radical (unpaired) electrons. The molecule has 1 aliphatic heterocycles. The van der Waals surface area contributed by atoms with Crippen molar-refractivity contribution < 1.29 is 4.74 Å². The maximum absolute atomic E-state index is 6.27. The average Bonchev–Trinajstić information content (AvgIpc) is 2.25. The van der Waals surface area contributed by atoms with Crippen molar-refractivity contribution in [1.82, 2.24) is 9.88 Å². The number of pyridine rings is 1. The molecule has 2 unspecified atom stereocenters. The number of rotatable bonds is 3. The molecule has 0 saturated carbocycles. The molecule has 112 valence electrons. The van der Waals surface area contributed by atoms with Crippen LogP contribution in [0.5, 0.6) is 0 Å². The van der Waals surface area contributed by atoms with Crippen molar-refractivity contribution in [2.24, 2.45) is 5.73 Å². The molecule has 2 atom stereocenters. The summed E-state index contributed by atoms with van der Waals surface area (Å²) < 4.78 is 6.16. The molecule has 20 heavy (non-hydrogen) atoms. The zero-order valence-corrected chi connectivity index (χ0v) is 13.3. The van der Waals surface area contributed by atoms with Crippen LogP contribution in [0, 0.1) is 0 Å². The summed E-state index contributed by atoms with van der Waals surface area (Å²) in [6.07, 6.45) is 3.72. The highest BCUT2D eigenvalue weighted by Gasteiger charge is 2.41. The van der Waals surface area contributed by atoms with Crippen LogP contribution in [0.1, 0.15) is 46.2 Å². The van der Waals surface area contributed by atoms with Crippen molar-refractivity contribution in [2.45, 2.75) is 57.9 Å². The lowest BCUT2D eigenvalue weighted by molar-refractivity contribution is -0.189. The summed E-state index contributed by atoms with van der Waals surface area (Å²) in [5.41, 5.74) is 7.10. The first-order chi connectivity index (χ1) is 9.20. The Morgan fingerprint density at radius 1 is 1.25 bits per heavy atom. The normalized spacial score (nSPS) is 25.1. The molecule has 1 aliphatic rings. The monoisotopic (exact) mass is 277 g/mol. The van der Waals surface area contributed by atoms with Gasteiger partial charge in [0.05, 0.1) is 17.2 Å². The van der Waals surface area contributed by atoms with E-state index in [4.69, 9.17) is 10.5 Å². The molecule has 2 N–H and O–H groups in total. The molecule has 4 nitrogen and oxygen atoms in total. The predicted molar refractivity (Wildman–Crippen MR) is 81.4 cm³/mol. The number of ether oxygens (including phenoxy) is 1. The van der Waals surface area contributed by atoms with Gasteiger partial charge in [-0.3, -0.25) is 9.88 Å². The van der Waals surface area contributed by atoms with Gasteiger partial charge in [-0.25, -0.2) is 0 Å². The second-order valence-corrected chi connectivity index (χ2v) is 7.12. The third-order valence-corrected chi connectivity index (χ3v) is 3.64. The van der Waals surface area contributed by atoms with Gasteiger partial charge in [0, 0.05) is 31.5 Å². The minimum absolute atomic E-state index is 0.0453. The molecule has 1 aromatic heterocycles. The largest absolute Gasteiger partial charge is 0.367 e. The number of hydrogen-bond acceptors (Lipinski definition) is 4. The van der Waals surface area contributed by atoms with Gasteiger partial charge >= 0.3 is 0 Å². The Labute approximate surface area is 122 Å². The lowest BCUT2D eigenvalue weighted by atomic mass is 9.93. The minimum Gasteiger partial charge on any atom is -0.367 e. The predicted octanol–water partition coefficient (Wildman–Crippen LogP) is 2.36. The molecule has 1 aromatic rings. The molecule has 2 heterocycles. The van der Waals surface area contributed by atoms with Crippen molar-refractivity contribution in [2.75, 3.05) is 13.1 Å². The Bertz CT molecular complexity index is 426. The van der Waals surface area contributed by atoms with Crippen molar-refractivity contribution in [3.05, 3.63) is 30.1 Å². The zero-order chi connectivity index (χ0) is 15.0. The second-order valence-electron chi connectivity index (χ2n) is 7.12. The third-order valence-electron chi connectivity index (χ3n) is 3.64. The van der Waals surface area contributed by atoms with Gasteiger partial charge in [0.25, 0.3) is 0 Å². The van der Waals surface area contributed by atoms with Crippen LogP contribution in [-0.2, 0) is 4.74 Å². The van der Waals surface area contributed by atoms with E-state index in [1.807, 2.05) is 12.3 Å². The maximum atomic E-state index is 6.27. The Morgan fingerprint density at radius 3 is 2.30 bits per heavy atom. The highest BCUT2D eigenvalue weighted by molar-refractivity contribution is 5.17. The zero-order valence-electron chi connectivity index (χ0n) is 13.3.